The Balaban J connectivity index is 1.62. The zero-order chi connectivity index (χ0) is 15.7. The molecule has 2 aromatic heterocycles. The average molecular weight is 302 g/mol. The van der Waals surface area contributed by atoms with Crippen molar-refractivity contribution < 1.29 is 14.0 Å². The van der Waals surface area contributed by atoms with Gasteiger partial charge in [-0.25, -0.2) is 0 Å². The van der Waals surface area contributed by atoms with E-state index >= 15 is 0 Å². The summed E-state index contributed by atoms with van der Waals surface area (Å²) in [5.41, 5.74) is 1.39. The van der Waals surface area contributed by atoms with Crippen LogP contribution in [0.15, 0.2) is 28.9 Å². The number of amides is 2. The Kier molecular flexibility index (Phi) is 3.70. The van der Waals surface area contributed by atoms with Crippen molar-refractivity contribution in [2.24, 2.45) is 7.05 Å². The smallest absolute Gasteiger partial charge is 0.289 e. The average Bonchev–Trinajstić information content (AvgIpc) is 3.17. The molecular weight excluding hydrogens is 284 g/mol. The number of aromatic nitrogens is 2. The van der Waals surface area contributed by atoms with Crippen molar-refractivity contribution in [3.05, 3.63) is 41.6 Å². The molecule has 3 rings (SSSR count). The van der Waals surface area contributed by atoms with Gasteiger partial charge in [0.05, 0.1) is 6.26 Å². The molecule has 1 aliphatic heterocycles. The van der Waals surface area contributed by atoms with Crippen LogP contribution in [0.25, 0.3) is 0 Å². The van der Waals surface area contributed by atoms with Gasteiger partial charge in [-0.15, -0.1) is 0 Å². The lowest BCUT2D eigenvalue weighted by Gasteiger charge is -2.33. The summed E-state index contributed by atoms with van der Waals surface area (Å²) < 4.78 is 6.81. The van der Waals surface area contributed by atoms with Gasteiger partial charge in [-0.2, -0.15) is 5.10 Å². The van der Waals surface area contributed by atoms with Gasteiger partial charge in [0.15, 0.2) is 11.5 Å². The maximum Gasteiger partial charge on any atom is 0.289 e. The summed E-state index contributed by atoms with van der Waals surface area (Å²) in [6.45, 7) is 3.90. The number of carbonyl (C=O) groups is 2. The highest BCUT2D eigenvalue weighted by Gasteiger charge is 2.27. The van der Waals surface area contributed by atoms with Crippen LogP contribution >= 0.6 is 0 Å². The third-order valence-electron chi connectivity index (χ3n) is 3.92. The van der Waals surface area contributed by atoms with Gasteiger partial charge < -0.3 is 14.2 Å². The second kappa shape index (κ2) is 5.67. The Bertz CT molecular complexity index is 662. The summed E-state index contributed by atoms with van der Waals surface area (Å²) in [7, 11) is 1.81. The highest BCUT2D eigenvalue weighted by atomic mass is 16.3. The topological polar surface area (TPSA) is 71.6 Å². The molecule has 0 aromatic carbocycles. The first-order valence-electron chi connectivity index (χ1n) is 7.19. The molecule has 0 saturated carbocycles. The highest BCUT2D eigenvalue weighted by Crippen LogP contribution is 2.12. The van der Waals surface area contributed by atoms with Crippen molar-refractivity contribution in [3.8, 4) is 0 Å². The largest absolute Gasteiger partial charge is 0.459 e. The van der Waals surface area contributed by atoms with E-state index in [1.165, 1.54) is 6.26 Å². The van der Waals surface area contributed by atoms with Crippen molar-refractivity contribution in [3.63, 3.8) is 0 Å². The van der Waals surface area contributed by atoms with Crippen molar-refractivity contribution in [1.29, 1.82) is 0 Å². The van der Waals surface area contributed by atoms with E-state index in [0.29, 0.717) is 37.6 Å². The Morgan fingerprint density at radius 3 is 2.27 bits per heavy atom. The summed E-state index contributed by atoms with van der Waals surface area (Å²) in [5, 5.41) is 4.21. The van der Waals surface area contributed by atoms with Crippen molar-refractivity contribution >= 4 is 11.8 Å². The number of hydrogen-bond donors (Lipinski definition) is 0. The van der Waals surface area contributed by atoms with Gasteiger partial charge in [-0.05, 0) is 25.1 Å². The highest BCUT2D eigenvalue weighted by molar-refractivity contribution is 5.93. The molecule has 0 atom stereocenters. The molecule has 1 saturated heterocycles. The maximum absolute atomic E-state index is 12.4. The van der Waals surface area contributed by atoms with E-state index in [1.54, 1.807) is 32.7 Å². The fourth-order valence-electron chi connectivity index (χ4n) is 2.50. The molecule has 0 N–H and O–H groups in total. The third-order valence-corrected chi connectivity index (χ3v) is 3.92. The second-order valence-electron chi connectivity index (χ2n) is 5.36. The molecule has 7 nitrogen and oxygen atoms in total. The number of carbonyl (C=O) groups excluding carboxylic acids is 2. The lowest BCUT2D eigenvalue weighted by Crippen LogP contribution is -2.50. The van der Waals surface area contributed by atoms with Gasteiger partial charge in [0.25, 0.3) is 11.8 Å². The lowest BCUT2D eigenvalue weighted by atomic mass is 10.2. The molecule has 2 aromatic rings. The van der Waals surface area contributed by atoms with E-state index in [1.807, 2.05) is 14.0 Å². The van der Waals surface area contributed by atoms with Crippen LogP contribution in [-0.4, -0.2) is 57.6 Å². The Hall–Kier alpha value is -2.57. The minimum absolute atomic E-state index is 0.0891. The molecule has 116 valence electrons. The van der Waals surface area contributed by atoms with Gasteiger partial charge in [-0.3, -0.25) is 14.3 Å². The number of nitrogens with zero attached hydrogens (tertiary/aromatic N) is 4. The van der Waals surface area contributed by atoms with E-state index < -0.39 is 0 Å². The molecule has 0 radical (unpaired) electrons. The first-order chi connectivity index (χ1) is 10.6. The zero-order valence-electron chi connectivity index (χ0n) is 12.7. The first-order valence-corrected chi connectivity index (χ1v) is 7.19. The standard InChI is InChI=1S/C15H18N4O3/c1-11-10-12(16-17(11)2)14(20)18-5-7-19(8-6-18)15(21)13-4-3-9-22-13/h3-4,9-10H,5-8H2,1-2H3. The van der Waals surface area contributed by atoms with Crippen molar-refractivity contribution in [1.82, 2.24) is 19.6 Å². The van der Waals surface area contributed by atoms with Crippen LogP contribution in [0.1, 0.15) is 26.7 Å². The molecule has 1 aliphatic rings. The predicted octanol–water partition coefficient (Wildman–Crippen LogP) is 0.920. The lowest BCUT2D eigenvalue weighted by molar-refractivity contribution is 0.0515. The van der Waals surface area contributed by atoms with E-state index in [4.69, 9.17) is 4.42 Å². The van der Waals surface area contributed by atoms with Crippen LogP contribution in [0.3, 0.4) is 0 Å². The number of hydrogen-bond acceptors (Lipinski definition) is 4. The van der Waals surface area contributed by atoms with Gasteiger partial charge in [0, 0.05) is 38.9 Å². The summed E-state index contributed by atoms with van der Waals surface area (Å²) in [6, 6.07) is 5.12. The number of piperazine rings is 1. The van der Waals surface area contributed by atoms with Crippen LogP contribution in [0.5, 0.6) is 0 Å². The van der Waals surface area contributed by atoms with Crippen LogP contribution in [0.4, 0.5) is 0 Å². The summed E-state index contributed by atoms with van der Waals surface area (Å²) in [4.78, 5) is 28.0. The predicted molar refractivity (Wildman–Crippen MR) is 78.5 cm³/mol. The molecule has 0 bridgehead atoms. The van der Waals surface area contributed by atoms with Gasteiger partial charge in [0.2, 0.25) is 0 Å². The summed E-state index contributed by atoms with van der Waals surface area (Å²) in [5.74, 6) is 0.111. The minimum Gasteiger partial charge on any atom is -0.459 e. The molecule has 0 spiro atoms. The van der Waals surface area contributed by atoms with Crippen LogP contribution < -0.4 is 0 Å². The third kappa shape index (κ3) is 2.61. The Morgan fingerprint density at radius 2 is 1.77 bits per heavy atom. The molecule has 1 fully saturated rings. The molecule has 7 heteroatoms. The number of rotatable bonds is 2. The molecule has 0 unspecified atom stereocenters. The molecular formula is C15H18N4O3. The van der Waals surface area contributed by atoms with Crippen molar-refractivity contribution in [2.75, 3.05) is 26.2 Å². The second-order valence-corrected chi connectivity index (χ2v) is 5.36. The summed E-state index contributed by atoms with van der Waals surface area (Å²) in [6.07, 6.45) is 1.48. The molecule has 3 heterocycles. The monoisotopic (exact) mass is 302 g/mol. The van der Waals surface area contributed by atoms with Crippen LogP contribution in [-0.2, 0) is 7.05 Å². The van der Waals surface area contributed by atoms with E-state index in [9.17, 15) is 9.59 Å². The molecule has 0 aliphatic carbocycles. The SMILES string of the molecule is Cc1cc(C(=O)N2CCN(C(=O)c3ccco3)CC2)nn1C. The summed E-state index contributed by atoms with van der Waals surface area (Å²) >= 11 is 0. The fraction of sp³-hybridized carbons (Fsp3) is 0.400. The van der Waals surface area contributed by atoms with E-state index in [-0.39, 0.29) is 11.8 Å². The first kappa shape index (κ1) is 14.4. The number of furan rings is 1. The van der Waals surface area contributed by atoms with Gasteiger partial charge in [0.1, 0.15) is 0 Å². The van der Waals surface area contributed by atoms with Crippen LogP contribution in [0.2, 0.25) is 0 Å². The van der Waals surface area contributed by atoms with Crippen molar-refractivity contribution in [2.45, 2.75) is 6.92 Å². The maximum atomic E-state index is 12.4. The Labute approximate surface area is 128 Å². The fourth-order valence-corrected chi connectivity index (χ4v) is 2.50. The zero-order valence-corrected chi connectivity index (χ0v) is 12.7. The van der Waals surface area contributed by atoms with Gasteiger partial charge >= 0.3 is 0 Å². The number of aryl methyl sites for hydroxylation is 2. The van der Waals surface area contributed by atoms with E-state index in [0.717, 1.165) is 5.69 Å². The van der Waals surface area contributed by atoms with E-state index in [2.05, 4.69) is 5.10 Å². The normalized spacial score (nSPS) is 15.2. The quantitative estimate of drug-likeness (QED) is 0.827. The van der Waals surface area contributed by atoms with Gasteiger partial charge in [-0.1, -0.05) is 0 Å². The molecule has 22 heavy (non-hydrogen) atoms. The minimum atomic E-state index is -0.134. The molecule has 2 amide bonds. The van der Waals surface area contributed by atoms with Crippen LogP contribution in [0, 0.1) is 6.92 Å². The Morgan fingerprint density at radius 1 is 1.14 bits per heavy atom.